The molecule has 0 N–H and O–H groups in total. The molecule has 0 unspecified atom stereocenters. The summed E-state index contributed by atoms with van der Waals surface area (Å²) in [7, 11) is 0. The van der Waals surface area contributed by atoms with Gasteiger partial charge >= 0.3 is 0 Å². The van der Waals surface area contributed by atoms with Crippen molar-refractivity contribution in [3.8, 4) is 0 Å². The molecule has 168 valence electrons. The molecule has 0 amide bonds. The van der Waals surface area contributed by atoms with E-state index in [4.69, 9.17) is 0 Å². The molecule has 0 aliphatic heterocycles. The number of benzene rings is 2. The fraction of sp³-hybridized carbons (Fsp3) is 0.400. The van der Waals surface area contributed by atoms with Crippen LogP contribution in [0.3, 0.4) is 0 Å². The predicted molar refractivity (Wildman–Crippen MR) is 147 cm³/mol. The highest BCUT2D eigenvalue weighted by Gasteiger charge is 2.12. The van der Waals surface area contributed by atoms with Gasteiger partial charge in [0.2, 0.25) is 0 Å². The average molecular weight is 409 g/mol. The molecule has 0 nitrogen and oxygen atoms in total. The van der Waals surface area contributed by atoms with Crippen LogP contribution in [-0.2, 0) is 0 Å². The molecule has 0 bridgehead atoms. The van der Waals surface area contributed by atoms with Crippen LogP contribution < -0.4 is 10.4 Å². The number of hydrogen-bond acceptors (Lipinski definition) is 0. The summed E-state index contributed by atoms with van der Waals surface area (Å²) in [6, 6.07) is 6.53. The third kappa shape index (κ3) is 7.82. The standard InChI is InChI=1S/C22H24.4C2H6/c1-7-12-17(8-2)21-16(6)20-14-11-13-18(9-3)22(20)15(5)19(21)10-4;4*1-2/h7-14H,1-2H2,3-6H3;4*1-2H3/b17-12-,18-9-,19-10-;;;;. The third-order valence-corrected chi connectivity index (χ3v) is 4.33. The van der Waals surface area contributed by atoms with Gasteiger partial charge in [-0.3, -0.25) is 0 Å². The first-order valence-electron chi connectivity index (χ1n) is 11.7. The zero-order valence-corrected chi connectivity index (χ0v) is 22.0. The van der Waals surface area contributed by atoms with Crippen molar-refractivity contribution in [3.05, 3.63) is 76.7 Å². The predicted octanol–water partition coefficient (Wildman–Crippen LogP) is 8.92. The second-order valence-corrected chi connectivity index (χ2v) is 5.45. The third-order valence-electron chi connectivity index (χ3n) is 4.33. The smallest absolute Gasteiger partial charge is 0.00765 e. The lowest BCUT2D eigenvalue weighted by Crippen LogP contribution is -2.18. The molecule has 0 saturated heterocycles. The number of hydrogen-bond donors (Lipinski definition) is 0. The highest BCUT2D eigenvalue weighted by molar-refractivity contribution is 5.95. The van der Waals surface area contributed by atoms with Crippen molar-refractivity contribution in [1.82, 2.24) is 0 Å². The van der Waals surface area contributed by atoms with Crippen molar-refractivity contribution >= 4 is 28.5 Å². The maximum absolute atomic E-state index is 3.98. The van der Waals surface area contributed by atoms with Crippen LogP contribution in [-0.4, -0.2) is 0 Å². The van der Waals surface area contributed by atoms with Gasteiger partial charge in [0.1, 0.15) is 0 Å². The van der Waals surface area contributed by atoms with Crippen LogP contribution >= 0.6 is 0 Å². The van der Waals surface area contributed by atoms with Crippen molar-refractivity contribution in [3.63, 3.8) is 0 Å². The van der Waals surface area contributed by atoms with E-state index < -0.39 is 0 Å². The summed E-state index contributed by atoms with van der Waals surface area (Å²) >= 11 is 0. The van der Waals surface area contributed by atoms with E-state index >= 15 is 0 Å². The topological polar surface area (TPSA) is 0 Å². The highest BCUT2D eigenvalue weighted by Crippen LogP contribution is 2.25. The first-order valence-corrected chi connectivity index (χ1v) is 11.7. The number of fused-ring (bicyclic) bond motifs is 1. The molecule has 0 aliphatic carbocycles. The van der Waals surface area contributed by atoms with Gasteiger partial charge in [-0.25, -0.2) is 0 Å². The molecule has 2 aromatic carbocycles. The molecule has 0 saturated carbocycles. The minimum atomic E-state index is 1.12. The number of aryl methyl sites for hydroxylation is 2. The summed E-state index contributed by atoms with van der Waals surface area (Å²) in [5, 5.41) is 5.24. The summed E-state index contributed by atoms with van der Waals surface area (Å²) in [4.78, 5) is 0. The van der Waals surface area contributed by atoms with Crippen LogP contribution in [0, 0.1) is 13.8 Å². The quantitative estimate of drug-likeness (QED) is 0.445. The lowest BCUT2D eigenvalue weighted by atomic mass is 9.88. The van der Waals surface area contributed by atoms with E-state index in [2.05, 4.69) is 71.2 Å². The van der Waals surface area contributed by atoms with Gasteiger partial charge in [-0.2, -0.15) is 0 Å². The van der Waals surface area contributed by atoms with Crippen molar-refractivity contribution in [2.45, 2.75) is 83.1 Å². The summed E-state index contributed by atoms with van der Waals surface area (Å²) in [5.74, 6) is 0. The maximum Gasteiger partial charge on any atom is -0.00765 e. The van der Waals surface area contributed by atoms with Crippen LogP contribution in [0.5, 0.6) is 0 Å². The zero-order valence-electron chi connectivity index (χ0n) is 22.0. The molecule has 30 heavy (non-hydrogen) atoms. The van der Waals surface area contributed by atoms with Gasteiger partial charge in [-0.1, -0.05) is 117 Å². The SMILES string of the molecule is C=C/C=C(/C=C)c1c(C)c2ccc/c(=C/C)c2c(C)/c1=C/C.CC.CC.CC.CC. The molecule has 0 spiro atoms. The monoisotopic (exact) mass is 408 g/mol. The van der Waals surface area contributed by atoms with Gasteiger partial charge in [0.05, 0.1) is 0 Å². The Labute approximate surface area is 188 Å². The van der Waals surface area contributed by atoms with Gasteiger partial charge in [0, 0.05) is 0 Å². The van der Waals surface area contributed by atoms with E-state index in [9.17, 15) is 0 Å². The van der Waals surface area contributed by atoms with Crippen LogP contribution in [0.4, 0.5) is 0 Å². The van der Waals surface area contributed by atoms with E-state index in [1.165, 1.54) is 37.9 Å². The molecule has 0 heterocycles. The Balaban J connectivity index is -0.000000815. The minimum absolute atomic E-state index is 1.12. The van der Waals surface area contributed by atoms with Crippen LogP contribution in [0.1, 0.15) is 85.9 Å². The average Bonchev–Trinajstić information content (AvgIpc) is 2.84. The molecule has 0 atom stereocenters. The van der Waals surface area contributed by atoms with E-state index in [-0.39, 0.29) is 0 Å². The molecule has 0 aromatic heterocycles. The molecular formula is C30H48. The normalized spacial score (nSPS) is 10.9. The van der Waals surface area contributed by atoms with E-state index in [0.29, 0.717) is 0 Å². The minimum Gasteiger partial charge on any atom is -0.0990 e. The van der Waals surface area contributed by atoms with Gasteiger partial charge in [0.25, 0.3) is 0 Å². The second kappa shape index (κ2) is 20.0. The Morgan fingerprint density at radius 3 is 1.70 bits per heavy atom. The first-order chi connectivity index (χ1) is 14.6. The highest BCUT2D eigenvalue weighted by atomic mass is 14.2. The molecule has 2 rings (SSSR count). The Morgan fingerprint density at radius 2 is 1.30 bits per heavy atom. The fourth-order valence-corrected chi connectivity index (χ4v) is 3.31. The Morgan fingerprint density at radius 1 is 0.767 bits per heavy atom. The largest absolute Gasteiger partial charge is 0.0990 e. The molecule has 0 radical (unpaired) electrons. The maximum atomic E-state index is 3.98. The zero-order chi connectivity index (χ0) is 24.3. The second-order valence-electron chi connectivity index (χ2n) is 5.45. The Kier molecular flexibility index (Phi) is 21.5. The first kappa shape index (κ1) is 32.3. The van der Waals surface area contributed by atoms with Gasteiger partial charge in [-0.05, 0) is 71.2 Å². The van der Waals surface area contributed by atoms with Crippen molar-refractivity contribution in [2.75, 3.05) is 0 Å². The summed E-state index contributed by atoms with van der Waals surface area (Å²) in [6.45, 7) is 32.4. The van der Waals surface area contributed by atoms with Crippen LogP contribution in [0.2, 0.25) is 0 Å². The summed E-state index contributed by atoms with van der Waals surface area (Å²) in [6.07, 6.45) is 10.2. The van der Waals surface area contributed by atoms with Crippen LogP contribution in [0.15, 0.2) is 49.6 Å². The fourth-order valence-electron chi connectivity index (χ4n) is 3.31. The Hall–Kier alpha value is -2.34. The van der Waals surface area contributed by atoms with E-state index in [1.807, 2.05) is 73.6 Å². The van der Waals surface area contributed by atoms with Crippen molar-refractivity contribution in [2.24, 2.45) is 0 Å². The molecule has 0 fully saturated rings. The van der Waals surface area contributed by atoms with Gasteiger partial charge < -0.3 is 0 Å². The molecular weight excluding hydrogens is 360 g/mol. The summed E-state index contributed by atoms with van der Waals surface area (Å²) in [5.41, 5.74) is 5.00. The van der Waals surface area contributed by atoms with E-state index in [0.717, 1.165) is 5.57 Å². The number of rotatable bonds is 3. The number of allylic oxidation sites excluding steroid dienone is 4. The van der Waals surface area contributed by atoms with Gasteiger partial charge in [-0.15, -0.1) is 0 Å². The molecule has 0 aliphatic rings. The van der Waals surface area contributed by atoms with Crippen molar-refractivity contribution < 1.29 is 0 Å². The van der Waals surface area contributed by atoms with Crippen LogP contribution in [0.25, 0.3) is 28.5 Å². The molecule has 0 heteroatoms. The lowest BCUT2D eigenvalue weighted by molar-refractivity contribution is 1.35. The van der Waals surface area contributed by atoms with Gasteiger partial charge in [0.15, 0.2) is 0 Å². The van der Waals surface area contributed by atoms with Crippen molar-refractivity contribution in [1.29, 1.82) is 0 Å². The molecule has 2 aromatic rings. The lowest BCUT2D eigenvalue weighted by Gasteiger charge is -2.16. The Bertz CT molecular complexity index is 890. The summed E-state index contributed by atoms with van der Waals surface area (Å²) < 4.78 is 0. The van der Waals surface area contributed by atoms with E-state index in [1.54, 1.807) is 0 Å².